The third kappa shape index (κ3) is 3.70. The first kappa shape index (κ1) is 20.5. The summed E-state index contributed by atoms with van der Waals surface area (Å²) >= 11 is 1.54. The molecular formula is C22H21N7O2S. The highest BCUT2D eigenvalue weighted by molar-refractivity contribution is 7.99. The summed E-state index contributed by atoms with van der Waals surface area (Å²) in [4.78, 5) is 35.9. The van der Waals surface area contributed by atoms with Gasteiger partial charge in [0.05, 0.1) is 48.1 Å². The molecule has 10 heteroatoms. The Bertz CT molecular complexity index is 1250. The third-order valence-corrected chi connectivity index (χ3v) is 6.78. The van der Waals surface area contributed by atoms with Gasteiger partial charge in [-0.3, -0.25) is 19.9 Å². The molecule has 4 heterocycles. The molecule has 2 N–H and O–H groups in total. The Kier molecular flexibility index (Phi) is 5.51. The van der Waals surface area contributed by atoms with Crippen LogP contribution in [0.5, 0.6) is 0 Å². The van der Waals surface area contributed by atoms with Gasteiger partial charge in [-0.2, -0.15) is 5.26 Å². The first-order valence-corrected chi connectivity index (χ1v) is 11.5. The number of hydrogen-bond donors (Lipinski definition) is 2. The molecule has 0 bridgehead atoms. The molecule has 1 saturated heterocycles. The molecule has 1 aromatic carbocycles. The summed E-state index contributed by atoms with van der Waals surface area (Å²) in [5.41, 5.74) is 3.08. The lowest BCUT2D eigenvalue weighted by Crippen LogP contribution is -2.42. The van der Waals surface area contributed by atoms with Crippen LogP contribution in [0.4, 0.5) is 0 Å². The average Bonchev–Trinajstić information content (AvgIpc) is 3.48. The minimum Gasteiger partial charge on any atom is -0.343 e. The smallest absolute Gasteiger partial charge is 0.252 e. The molecule has 0 radical (unpaired) electrons. The number of pyridine rings is 1. The Labute approximate surface area is 188 Å². The molecule has 3 aromatic rings. The summed E-state index contributed by atoms with van der Waals surface area (Å²) in [5.74, 6) is 1.51. The molecule has 0 spiro atoms. The number of nitriles is 1. The van der Waals surface area contributed by atoms with Crippen molar-refractivity contribution >= 4 is 34.5 Å². The van der Waals surface area contributed by atoms with Crippen molar-refractivity contribution in [2.75, 3.05) is 24.7 Å². The molecule has 1 atom stereocenters. The summed E-state index contributed by atoms with van der Waals surface area (Å²) in [7, 11) is 0. The minimum absolute atomic E-state index is 0.150. The fourth-order valence-corrected chi connectivity index (χ4v) is 5.17. The van der Waals surface area contributed by atoms with E-state index in [1.54, 1.807) is 12.3 Å². The maximum atomic E-state index is 13.0. The van der Waals surface area contributed by atoms with Gasteiger partial charge < -0.3 is 14.8 Å². The van der Waals surface area contributed by atoms with E-state index in [9.17, 15) is 14.9 Å². The van der Waals surface area contributed by atoms with Gasteiger partial charge >= 0.3 is 0 Å². The van der Waals surface area contributed by atoms with Crippen LogP contribution < -0.4 is 10.6 Å². The van der Waals surface area contributed by atoms with Gasteiger partial charge in [-0.1, -0.05) is 6.07 Å². The lowest BCUT2D eigenvalue weighted by atomic mass is 10.0. The highest BCUT2D eigenvalue weighted by atomic mass is 32.2. The lowest BCUT2D eigenvalue weighted by molar-refractivity contribution is -0.129. The molecule has 32 heavy (non-hydrogen) atoms. The molecule has 1 fully saturated rings. The van der Waals surface area contributed by atoms with Crippen molar-refractivity contribution in [1.29, 1.82) is 5.26 Å². The van der Waals surface area contributed by atoms with E-state index in [-0.39, 0.29) is 18.4 Å². The molecule has 9 nitrogen and oxygen atoms in total. The number of thioether (sulfide) groups is 1. The number of fused-ring (bicyclic) bond motifs is 2. The predicted octanol–water partition coefficient (Wildman–Crippen LogP) is 1.36. The fourth-order valence-electron chi connectivity index (χ4n) is 4.06. The molecule has 162 valence electrons. The number of benzene rings is 1. The summed E-state index contributed by atoms with van der Waals surface area (Å²) in [6.07, 6.45) is 4.32. The van der Waals surface area contributed by atoms with Crippen LogP contribution in [-0.4, -0.2) is 62.0 Å². The van der Waals surface area contributed by atoms with Crippen LogP contribution >= 0.6 is 11.8 Å². The molecule has 0 unspecified atom stereocenters. The Balaban J connectivity index is 1.40. The Morgan fingerprint density at radius 3 is 3.09 bits per heavy atom. The molecule has 2 aromatic heterocycles. The number of carbonyl (C=O) groups excluding carboxylic acids is 2. The Morgan fingerprint density at radius 1 is 1.31 bits per heavy atom. The number of hydrogen-bond acceptors (Lipinski definition) is 7. The van der Waals surface area contributed by atoms with Crippen molar-refractivity contribution in [1.82, 2.24) is 30.1 Å². The van der Waals surface area contributed by atoms with E-state index in [4.69, 9.17) is 0 Å². The van der Waals surface area contributed by atoms with Gasteiger partial charge in [0.15, 0.2) is 0 Å². The van der Waals surface area contributed by atoms with Crippen molar-refractivity contribution in [3.8, 4) is 17.3 Å². The van der Waals surface area contributed by atoms with Crippen molar-refractivity contribution in [2.24, 2.45) is 0 Å². The Hall–Kier alpha value is -3.42. The van der Waals surface area contributed by atoms with Crippen LogP contribution in [0, 0.1) is 11.3 Å². The second kappa shape index (κ2) is 8.61. The van der Waals surface area contributed by atoms with Crippen molar-refractivity contribution < 1.29 is 9.59 Å². The number of nitrogens with one attached hydrogen (secondary N) is 2. The van der Waals surface area contributed by atoms with Crippen LogP contribution in [0.15, 0.2) is 36.7 Å². The van der Waals surface area contributed by atoms with E-state index in [1.807, 2.05) is 24.4 Å². The monoisotopic (exact) mass is 447 g/mol. The average molecular weight is 448 g/mol. The second-order valence-electron chi connectivity index (χ2n) is 7.68. The van der Waals surface area contributed by atoms with Crippen LogP contribution in [-0.2, 0) is 17.9 Å². The minimum atomic E-state index is -0.440. The Morgan fingerprint density at radius 2 is 2.22 bits per heavy atom. The van der Waals surface area contributed by atoms with E-state index in [0.29, 0.717) is 34.8 Å². The zero-order valence-electron chi connectivity index (χ0n) is 17.2. The zero-order chi connectivity index (χ0) is 22.1. The molecule has 0 saturated carbocycles. The maximum Gasteiger partial charge on any atom is 0.252 e. The number of nitrogens with zero attached hydrogens (tertiary/aromatic N) is 5. The van der Waals surface area contributed by atoms with Crippen LogP contribution in [0.1, 0.15) is 16.2 Å². The zero-order valence-corrected chi connectivity index (χ0v) is 18.1. The van der Waals surface area contributed by atoms with Crippen LogP contribution in [0.3, 0.4) is 0 Å². The standard InChI is InChI=1S/C22H21N7O2S/c23-8-15-11-32-13-29(15)21(30)10-27-22(31)16-3-6-25-18-2-1-14(7-17(16)18)19-9-26-20-4-5-24-12-28(19)20/h1-3,6-7,9,15,24H,4-5,10-13H2,(H,27,31)/t15-/m1/s1. The van der Waals surface area contributed by atoms with E-state index < -0.39 is 6.04 Å². The van der Waals surface area contributed by atoms with Crippen molar-refractivity contribution in [3.63, 3.8) is 0 Å². The molecule has 2 amide bonds. The summed E-state index contributed by atoms with van der Waals surface area (Å²) < 4.78 is 2.14. The number of aromatic nitrogens is 3. The molecule has 5 rings (SSSR count). The SMILES string of the molecule is N#C[C@@H]1CSCN1C(=O)CNC(=O)c1ccnc2ccc(-c3cnc4n3CNCC4)cc12. The number of carbonyl (C=O) groups is 2. The van der Waals surface area contributed by atoms with Crippen LogP contribution in [0.25, 0.3) is 22.2 Å². The third-order valence-electron chi connectivity index (χ3n) is 5.77. The first-order chi connectivity index (χ1) is 15.7. The van der Waals surface area contributed by atoms with E-state index >= 15 is 0 Å². The molecule has 2 aliphatic heterocycles. The summed E-state index contributed by atoms with van der Waals surface area (Å²) in [6.45, 7) is 1.46. The highest BCUT2D eigenvalue weighted by Gasteiger charge is 2.29. The van der Waals surface area contributed by atoms with Gasteiger partial charge in [-0.25, -0.2) is 4.98 Å². The van der Waals surface area contributed by atoms with Gasteiger partial charge in [0.25, 0.3) is 5.91 Å². The van der Waals surface area contributed by atoms with E-state index in [0.717, 1.165) is 30.0 Å². The van der Waals surface area contributed by atoms with Gasteiger partial charge in [0.2, 0.25) is 5.91 Å². The number of imidazole rings is 1. The van der Waals surface area contributed by atoms with Crippen molar-refractivity contribution in [3.05, 3.63) is 48.0 Å². The molecule has 2 aliphatic rings. The van der Waals surface area contributed by atoms with Crippen molar-refractivity contribution in [2.45, 2.75) is 19.1 Å². The summed E-state index contributed by atoms with van der Waals surface area (Å²) in [5, 5.41) is 15.9. The number of amides is 2. The van der Waals surface area contributed by atoms with E-state index in [1.165, 1.54) is 16.7 Å². The van der Waals surface area contributed by atoms with Gasteiger partial charge in [0, 0.05) is 35.9 Å². The van der Waals surface area contributed by atoms with E-state index in [2.05, 4.69) is 31.2 Å². The van der Waals surface area contributed by atoms with Gasteiger partial charge in [-0.15, -0.1) is 11.8 Å². The highest BCUT2D eigenvalue weighted by Crippen LogP contribution is 2.27. The summed E-state index contributed by atoms with van der Waals surface area (Å²) in [6, 6.07) is 9.16. The largest absolute Gasteiger partial charge is 0.343 e. The fraction of sp³-hybridized carbons (Fsp3) is 0.318. The lowest BCUT2D eigenvalue weighted by Gasteiger charge is -2.19. The maximum absolute atomic E-state index is 13.0. The van der Waals surface area contributed by atoms with Gasteiger partial charge in [0.1, 0.15) is 11.9 Å². The second-order valence-corrected chi connectivity index (χ2v) is 8.68. The first-order valence-electron chi connectivity index (χ1n) is 10.3. The van der Waals surface area contributed by atoms with Crippen LogP contribution in [0.2, 0.25) is 0 Å². The molecular weight excluding hydrogens is 426 g/mol. The topological polar surface area (TPSA) is 116 Å². The van der Waals surface area contributed by atoms with Gasteiger partial charge in [-0.05, 0) is 18.2 Å². The number of rotatable bonds is 4. The molecule has 0 aliphatic carbocycles. The predicted molar refractivity (Wildman–Crippen MR) is 121 cm³/mol. The normalized spacial score (nSPS) is 17.7. The quantitative estimate of drug-likeness (QED) is 0.620.